The Morgan fingerprint density at radius 2 is 2.00 bits per heavy atom. The van der Waals surface area contributed by atoms with Crippen molar-refractivity contribution in [3.8, 4) is 0 Å². The summed E-state index contributed by atoms with van der Waals surface area (Å²) in [6.45, 7) is 5.38. The van der Waals surface area contributed by atoms with Crippen LogP contribution in [0.5, 0.6) is 0 Å². The van der Waals surface area contributed by atoms with Crippen molar-refractivity contribution in [1.82, 2.24) is 5.32 Å². The number of carbonyl (C=O) groups excluding carboxylic acids is 1. The summed E-state index contributed by atoms with van der Waals surface area (Å²) in [4.78, 5) is 12.0. The third-order valence-electron chi connectivity index (χ3n) is 4.00. The molecule has 0 atom stereocenters. The average Bonchev–Trinajstić information content (AvgIpc) is 2.19. The smallest absolute Gasteiger partial charge is 0.227 e. The summed E-state index contributed by atoms with van der Waals surface area (Å²) in [7, 11) is 0. The highest BCUT2D eigenvalue weighted by Crippen LogP contribution is 2.27. The third-order valence-corrected chi connectivity index (χ3v) is 4.00. The van der Waals surface area contributed by atoms with Crippen LogP contribution in [-0.4, -0.2) is 19.0 Å². The van der Waals surface area contributed by atoms with E-state index < -0.39 is 0 Å². The van der Waals surface area contributed by atoms with Crippen LogP contribution in [0.3, 0.4) is 0 Å². The number of nitrogens with two attached hydrogens (primary N) is 1. The maximum atomic E-state index is 12.0. The van der Waals surface area contributed by atoms with E-state index in [2.05, 4.69) is 5.32 Å². The second kappa shape index (κ2) is 5.50. The number of amides is 1. The molecule has 1 rings (SSSR count). The minimum atomic E-state index is -0.330. The number of carbonyl (C=O) groups is 1. The fraction of sp³-hybridized carbons (Fsp3) is 0.917. The molecule has 0 saturated heterocycles. The van der Waals surface area contributed by atoms with Crippen molar-refractivity contribution in [1.29, 1.82) is 0 Å². The minimum Gasteiger partial charge on any atom is -0.355 e. The Labute approximate surface area is 92.8 Å². The summed E-state index contributed by atoms with van der Waals surface area (Å²) in [5, 5.41) is 3.06. The zero-order chi connectivity index (χ0) is 11.3. The third kappa shape index (κ3) is 2.71. The molecule has 0 spiro atoms. The lowest BCUT2D eigenvalue weighted by Crippen LogP contribution is -2.47. The molecule has 0 aromatic carbocycles. The van der Waals surface area contributed by atoms with Gasteiger partial charge in [0.2, 0.25) is 5.91 Å². The molecule has 1 aliphatic carbocycles. The molecule has 1 aliphatic rings. The first kappa shape index (κ1) is 12.5. The topological polar surface area (TPSA) is 55.1 Å². The van der Waals surface area contributed by atoms with Crippen molar-refractivity contribution in [2.24, 2.45) is 17.1 Å². The fourth-order valence-corrected chi connectivity index (χ4v) is 2.07. The molecule has 0 aromatic heterocycles. The molecule has 1 saturated carbocycles. The molecule has 0 heterocycles. The summed E-state index contributed by atoms with van der Waals surface area (Å²) in [5.41, 5.74) is 5.39. The second-order valence-electron chi connectivity index (χ2n) is 4.70. The number of nitrogens with one attached hydrogen (secondary N) is 1. The van der Waals surface area contributed by atoms with Crippen molar-refractivity contribution >= 4 is 5.91 Å². The molecule has 88 valence electrons. The molecule has 0 aliphatic heterocycles. The highest BCUT2D eigenvalue weighted by molar-refractivity contribution is 5.82. The predicted molar refractivity (Wildman–Crippen MR) is 62.4 cm³/mol. The zero-order valence-electron chi connectivity index (χ0n) is 10.0. The normalized spacial score (nSPS) is 17.3. The quantitative estimate of drug-likeness (QED) is 0.703. The van der Waals surface area contributed by atoms with Crippen LogP contribution < -0.4 is 11.1 Å². The maximum absolute atomic E-state index is 12.0. The minimum absolute atomic E-state index is 0.155. The number of hydrogen-bond acceptors (Lipinski definition) is 2. The summed E-state index contributed by atoms with van der Waals surface area (Å²) >= 11 is 0. The molecule has 0 aromatic rings. The highest BCUT2D eigenvalue weighted by Gasteiger charge is 2.33. The van der Waals surface area contributed by atoms with Gasteiger partial charge < -0.3 is 11.1 Å². The molecule has 3 heteroatoms. The summed E-state index contributed by atoms with van der Waals surface area (Å²) in [5.74, 6) is 0.875. The van der Waals surface area contributed by atoms with Crippen LogP contribution in [0, 0.1) is 11.3 Å². The van der Waals surface area contributed by atoms with Gasteiger partial charge in [0.1, 0.15) is 0 Å². The van der Waals surface area contributed by atoms with E-state index in [4.69, 9.17) is 5.73 Å². The summed E-state index contributed by atoms with van der Waals surface area (Å²) < 4.78 is 0. The maximum Gasteiger partial charge on any atom is 0.227 e. The van der Waals surface area contributed by atoms with Crippen LogP contribution in [0.25, 0.3) is 0 Å². The van der Waals surface area contributed by atoms with Crippen molar-refractivity contribution < 1.29 is 4.79 Å². The first-order valence-electron chi connectivity index (χ1n) is 6.17. The van der Waals surface area contributed by atoms with E-state index in [0.717, 1.165) is 25.3 Å². The lowest BCUT2D eigenvalue weighted by Gasteiger charge is -2.31. The molecule has 3 N–H and O–H groups in total. The SMILES string of the molecule is CCC(CC)(CN)C(=O)NCC1CCC1. The molecule has 0 radical (unpaired) electrons. The molecule has 15 heavy (non-hydrogen) atoms. The van der Waals surface area contributed by atoms with Gasteiger partial charge in [-0.1, -0.05) is 20.3 Å². The Balaban J connectivity index is 2.40. The van der Waals surface area contributed by atoms with Crippen LogP contribution >= 0.6 is 0 Å². The standard InChI is InChI=1S/C12H24N2O/c1-3-12(4-2,9-13)11(15)14-8-10-6-5-7-10/h10H,3-9,13H2,1-2H3,(H,14,15). The van der Waals surface area contributed by atoms with Gasteiger partial charge in [0.15, 0.2) is 0 Å². The molecular weight excluding hydrogens is 188 g/mol. The van der Waals surface area contributed by atoms with Gasteiger partial charge in [0, 0.05) is 13.1 Å². The molecular formula is C12H24N2O. The number of rotatable bonds is 6. The first-order valence-corrected chi connectivity index (χ1v) is 6.17. The van der Waals surface area contributed by atoms with Gasteiger partial charge in [-0.05, 0) is 31.6 Å². The monoisotopic (exact) mass is 212 g/mol. The van der Waals surface area contributed by atoms with Crippen LogP contribution in [0.4, 0.5) is 0 Å². The van der Waals surface area contributed by atoms with E-state index in [1.807, 2.05) is 13.8 Å². The van der Waals surface area contributed by atoms with E-state index in [1.54, 1.807) is 0 Å². The van der Waals surface area contributed by atoms with Crippen molar-refractivity contribution in [3.63, 3.8) is 0 Å². The van der Waals surface area contributed by atoms with Crippen molar-refractivity contribution in [3.05, 3.63) is 0 Å². The zero-order valence-corrected chi connectivity index (χ0v) is 10.0. The largest absolute Gasteiger partial charge is 0.355 e. The Bertz CT molecular complexity index is 199. The first-order chi connectivity index (χ1) is 7.18. The van der Waals surface area contributed by atoms with Gasteiger partial charge in [-0.15, -0.1) is 0 Å². The van der Waals surface area contributed by atoms with Crippen LogP contribution in [0.1, 0.15) is 46.0 Å². The van der Waals surface area contributed by atoms with E-state index >= 15 is 0 Å². The molecule has 1 fully saturated rings. The van der Waals surface area contributed by atoms with Gasteiger partial charge in [-0.25, -0.2) is 0 Å². The summed E-state index contributed by atoms with van der Waals surface area (Å²) in [6.07, 6.45) is 5.53. The van der Waals surface area contributed by atoms with Gasteiger partial charge in [-0.2, -0.15) is 0 Å². The molecule has 3 nitrogen and oxygen atoms in total. The fourth-order valence-electron chi connectivity index (χ4n) is 2.07. The number of hydrogen-bond donors (Lipinski definition) is 2. The van der Waals surface area contributed by atoms with Crippen LogP contribution in [0.15, 0.2) is 0 Å². The molecule has 0 unspecified atom stereocenters. The van der Waals surface area contributed by atoms with Gasteiger partial charge >= 0.3 is 0 Å². The van der Waals surface area contributed by atoms with Gasteiger partial charge in [-0.3, -0.25) is 4.79 Å². The van der Waals surface area contributed by atoms with Gasteiger partial charge in [0.05, 0.1) is 5.41 Å². The lowest BCUT2D eigenvalue weighted by atomic mass is 9.80. The average molecular weight is 212 g/mol. The van der Waals surface area contributed by atoms with Crippen LogP contribution in [0.2, 0.25) is 0 Å². The Morgan fingerprint density at radius 1 is 1.40 bits per heavy atom. The van der Waals surface area contributed by atoms with Crippen molar-refractivity contribution in [2.75, 3.05) is 13.1 Å². The Morgan fingerprint density at radius 3 is 2.33 bits per heavy atom. The predicted octanol–water partition coefficient (Wildman–Crippen LogP) is 1.67. The Kier molecular flexibility index (Phi) is 4.58. The lowest BCUT2D eigenvalue weighted by molar-refractivity contribution is -0.131. The van der Waals surface area contributed by atoms with E-state index in [9.17, 15) is 4.79 Å². The van der Waals surface area contributed by atoms with Crippen LogP contribution in [-0.2, 0) is 4.79 Å². The molecule has 0 bridgehead atoms. The molecule has 1 amide bonds. The van der Waals surface area contributed by atoms with E-state index in [-0.39, 0.29) is 11.3 Å². The Hall–Kier alpha value is -0.570. The van der Waals surface area contributed by atoms with Crippen molar-refractivity contribution in [2.45, 2.75) is 46.0 Å². The van der Waals surface area contributed by atoms with Gasteiger partial charge in [0.25, 0.3) is 0 Å². The summed E-state index contributed by atoms with van der Waals surface area (Å²) in [6, 6.07) is 0. The highest BCUT2D eigenvalue weighted by atomic mass is 16.2. The van der Waals surface area contributed by atoms with E-state index in [0.29, 0.717) is 6.54 Å². The second-order valence-corrected chi connectivity index (χ2v) is 4.70. The van der Waals surface area contributed by atoms with E-state index in [1.165, 1.54) is 19.3 Å².